The lowest BCUT2D eigenvalue weighted by Gasteiger charge is -2.39. The van der Waals surface area contributed by atoms with Crippen LogP contribution in [-0.2, 0) is 4.79 Å². The third-order valence-corrected chi connectivity index (χ3v) is 5.70. The van der Waals surface area contributed by atoms with Gasteiger partial charge in [0.05, 0.1) is 18.4 Å². The Morgan fingerprint density at radius 3 is 2.19 bits per heavy atom. The predicted molar refractivity (Wildman–Crippen MR) is 78.5 cm³/mol. The normalized spacial score (nSPS) is 32.8. The molecular formula is C16H24N4O. The topological polar surface area (TPSA) is 51.0 Å². The molecule has 3 fully saturated rings. The highest BCUT2D eigenvalue weighted by Crippen LogP contribution is 2.41. The average molecular weight is 288 g/mol. The highest BCUT2D eigenvalue weighted by molar-refractivity contribution is 5.77. The summed E-state index contributed by atoms with van der Waals surface area (Å²) in [4.78, 5) is 16.8. The molecule has 0 N–H and O–H groups in total. The molecule has 2 unspecified atom stereocenters. The first-order valence-corrected chi connectivity index (χ1v) is 8.48. The van der Waals surface area contributed by atoms with E-state index in [-0.39, 0.29) is 0 Å². The Balaban J connectivity index is 1.43. The van der Waals surface area contributed by atoms with Gasteiger partial charge in [0.1, 0.15) is 0 Å². The standard InChI is InChI=1S/C16H24N4O/c21-16(9-12-3-1-2-4-12)19-13-5-6-14(19)11-15(10-13)20-17-7-8-18-20/h7-8,12-15H,1-6,9-11H2. The molecule has 3 heterocycles. The molecule has 3 aliphatic rings. The fourth-order valence-electron chi connectivity index (χ4n) is 4.73. The van der Waals surface area contributed by atoms with E-state index in [2.05, 4.69) is 15.1 Å². The van der Waals surface area contributed by atoms with Gasteiger partial charge < -0.3 is 4.90 Å². The van der Waals surface area contributed by atoms with Gasteiger partial charge in [0.2, 0.25) is 5.91 Å². The maximum atomic E-state index is 12.7. The number of nitrogens with zero attached hydrogens (tertiary/aromatic N) is 4. The quantitative estimate of drug-likeness (QED) is 0.859. The van der Waals surface area contributed by atoms with E-state index in [4.69, 9.17) is 0 Å². The van der Waals surface area contributed by atoms with Crippen molar-refractivity contribution in [3.8, 4) is 0 Å². The van der Waals surface area contributed by atoms with Crippen LogP contribution in [0.3, 0.4) is 0 Å². The molecule has 2 saturated heterocycles. The van der Waals surface area contributed by atoms with Crippen LogP contribution in [0, 0.1) is 5.92 Å². The highest BCUT2D eigenvalue weighted by Gasteiger charge is 2.44. The minimum absolute atomic E-state index is 0.382. The first kappa shape index (κ1) is 13.3. The summed E-state index contributed by atoms with van der Waals surface area (Å²) in [6.07, 6.45) is 13.8. The van der Waals surface area contributed by atoms with Crippen LogP contribution >= 0.6 is 0 Å². The molecule has 4 rings (SSSR count). The Morgan fingerprint density at radius 2 is 1.57 bits per heavy atom. The van der Waals surface area contributed by atoms with E-state index >= 15 is 0 Å². The molecule has 1 aliphatic carbocycles. The van der Waals surface area contributed by atoms with Crippen molar-refractivity contribution in [2.45, 2.75) is 75.9 Å². The maximum Gasteiger partial charge on any atom is 0.223 e. The molecule has 1 saturated carbocycles. The second-order valence-corrected chi connectivity index (χ2v) is 7.02. The molecule has 114 valence electrons. The summed E-state index contributed by atoms with van der Waals surface area (Å²) >= 11 is 0. The maximum absolute atomic E-state index is 12.7. The number of piperidine rings is 1. The first-order chi connectivity index (χ1) is 10.3. The molecule has 1 aromatic heterocycles. The van der Waals surface area contributed by atoms with Crippen LogP contribution in [0.2, 0.25) is 0 Å². The number of hydrogen-bond acceptors (Lipinski definition) is 3. The van der Waals surface area contributed by atoms with Crippen LogP contribution in [0.5, 0.6) is 0 Å². The van der Waals surface area contributed by atoms with Gasteiger partial charge in [0.25, 0.3) is 0 Å². The summed E-state index contributed by atoms with van der Waals surface area (Å²) in [7, 11) is 0. The zero-order chi connectivity index (χ0) is 14.2. The van der Waals surface area contributed by atoms with Crippen LogP contribution in [0.1, 0.15) is 63.8 Å². The summed E-state index contributed by atoms with van der Waals surface area (Å²) in [6, 6.07) is 1.23. The highest BCUT2D eigenvalue weighted by atomic mass is 16.2. The van der Waals surface area contributed by atoms with Crippen molar-refractivity contribution in [1.29, 1.82) is 0 Å². The van der Waals surface area contributed by atoms with Crippen LogP contribution < -0.4 is 0 Å². The second-order valence-electron chi connectivity index (χ2n) is 7.02. The van der Waals surface area contributed by atoms with Gasteiger partial charge in [0, 0.05) is 18.5 Å². The molecule has 2 aliphatic heterocycles. The Labute approximate surface area is 125 Å². The van der Waals surface area contributed by atoms with Crippen LogP contribution in [0.15, 0.2) is 12.4 Å². The Kier molecular flexibility index (Phi) is 3.43. The van der Waals surface area contributed by atoms with Crippen LogP contribution in [-0.4, -0.2) is 37.9 Å². The summed E-state index contributed by atoms with van der Waals surface area (Å²) in [6.45, 7) is 0. The molecule has 5 nitrogen and oxygen atoms in total. The van der Waals surface area contributed by atoms with Gasteiger partial charge in [0.15, 0.2) is 0 Å². The van der Waals surface area contributed by atoms with Gasteiger partial charge in [-0.15, -0.1) is 0 Å². The van der Waals surface area contributed by atoms with E-state index in [9.17, 15) is 4.79 Å². The molecule has 1 aromatic rings. The van der Waals surface area contributed by atoms with Gasteiger partial charge in [-0.2, -0.15) is 15.0 Å². The zero-order valence-electron chi connectivity index (χ0n) is 12.5. The fourth-order valence-corrected chi connectivity index (χ4v) is 4.73. The number of carbonyl (C=O) groups excluding carboxylic acids is 1. The van der Waals surface area contributed by atoms with E-state index in [0.717, 1.165) is 19.3 Å². The second kappa shape index (κ2) is 5.43. The Morgan fingerprint density at radius 1 is 0.952 bits per heavy atom. The van der Waals surface area contributed by atoms with E-state index in [1.807, 2.05) is 4.80 Å². The molecule has 2 bridgehead atoms. The molecule has 2 atom stereocenters. The van der Waals surface area contributed by atoms with E-state index in [1.54, 1.807) is 12.4 Å². The number of rotatable bonds is 3. The molecular weight excluding hydrogens is 264 g/mol. The molecule has 0 aromatic carbocycles. The minimum Gasteiger partial charge on any atom is -0.337 e. The Bertz CT molecular complexity index is 480. The van der Waals surface area contributed by atoms with Crippen molar-refractivity contribution in [3.63, 3.8) is 0 Å². The van der Waals surface area contributed by atoms with Crippen molar-refractivity contribution < 1.29 is 4.79 Å². The number of aromatic nitrogens is 3. The first-order valence-electron chi connectivity index (χ1n) is 8.48. The molecule has 0 spiro atoms. The average Bonchev–Trinajstić information content (AvgIpc) is 3.20. The summed E-state index contributed by atoms with van der Waals surface area (Å²) in [5.74, 6) is 1.07. The summed E-state index contributed by atoms with van der Waals surface area (Å²) in [5, 5.41) is 8.58. The van der Waals surface area contributed by atoms with E-state index in [0.29, 0.717) is 30.0 Å². The van der Waals surface area contributed by atoms with Gasteiger partial charge >= 0.3 is 0 Å². The van der Waals surface area contributed by atoms with Crippen molar-refractivity contribution in [3.05, 3.63) is 12.4 Å². The van der Waals surface area contributed by atoms with Gasteiger partial charge in [-0.1, -0.05) is 12.8 Å². The monoisotopic (exact) mass is 288 g/mol. The lowest BCUT2D eigenvalue weighted by atomic mass is 9.95. The van der Waals surface area contributed by atoms with Gasteiger partial charge in [-0.3, -0.25) is 4.79 Å². The number of amides is 1. The van der Waals surface area contributed by atoms with Gasteiger partial charge in [-0.25, -0.2) is 0 Å². The summed E-state index contributed by atoms with van der Waals surface area (Å²) in [5.41, 5.74) is 0. The molecule has 1 amide bonds. The summed E-state index contributed by atoms with van der Waals surface area (Å²) < 4.78 is 0. The van der Waals surface area contributed by atoms with Crippen molar-refractivity contribution in [1.82, 2.24) is 19.9 Å². The van der Waals surface area contributed by atoms with Crippen LogP contribution in [0.25, 0.3) is 0 Å². The predicted octanol–water partition coefficient (Wildman–Crippen LogP) is 2.55. The van der Waals surface area contributed by atoms with Crippen molar-refractivity contribution in [2.24, 2.45) is 5.92 Å². The minimum atomic E-state index is 0.382. The molecule has 0 radical (unpaired) electrons. The number of fused-ring (bicyclic) bond motifs is 2. The number of hydrogen-bond donors (Lipinski definition) is 0. The molecule has 21 heavy (non-hydrogen) atoms. The van der Waals surface area contributed by atoms with Crippen molar-refractivity contribution >= 4 is 5.91 Å². The molecule has 5 heteroatoms. The zero-order valence-corrected chi connectivity index (χ0v) is 12.5. The van der Waals surface area contributed by atoms with E-state index < -0.39 is 0 Å². The lowest BCUT2D eigenvalue weighted by Crippen LogP contribution is -2.47. The van der Waals surface area contributed by atoms with Gasteiger partial charge in [-0.05, 0) is 44.4 Å². The third kappa shape index (κ3) is 2.47. The largest absolute Gasteiger partial charge is 0.337 e. The number of carbonyl (C=O) groups is 1. The van der Waals surface area contributed by atoms with Crippen LogP contribution in [0.4, 0.5) is 0 Å². The SMILES string of the molecule is O=C(CC1CCCC1)N1C2CCC1CC(n1nccn1)C2. The van der Waals surface area contributed by atoms with Crippen molar-refractivity contribution in [2.75, 3.05) is 0 Å². The third-order valence-electron chi connectivity index (χ3n) is 5.70. The lowest BCUT2D eigenvalue weighted by molar-refractivity contribution is -0.137. The fraction of sp³-hybridized carbons (Fsp3) is 0.812. The van der Waals surface area contributed by atoms with E-state index in [1.165, 1.54) is 38.5 Å². The Hall–Kier alpha value is -1.39. The smallest absolute Gasteiger partial charge is 0.223 e.